The number of carbonyl (C=O) groups excluding carboxylic acids is 1. The second kappa shape index (κ2) is 10.9. The molecule has 4 rings (SSSR count). The van der Waals surface area contributed by atoms with E-state index in [1.54, 1.807) is 17.0 Å². The zero-order valence-electron chi connectivity index (χ0n) is 20.6. The third-order valence-electron chi connectivity index (χ3n) is 5.95. The summed E-state index contributed by atoms with van der Waals surface area (Å²) in [4.78, 5) is 15.3. The fourth-order valence-electron chi connectivity index (χ4n) is 4.04. The minimum atomic E-state index is -3.92. The second-order valence-corrected chi connectivity index (χ2v) is 10.1. The summed E-state index contributed by atoms with van der Waals surface area (Å²) in [7, 11) is -3.92. The number of carbonyl (C=O) groups is 1. The lowest BCUT2D eigenvalue weighted by molar-refractivity contribution is -0.114. The van der Waals surface area contributed by atoms with Gasteiger partial charge in [0.25, 0.3) is 16.0 Å². The Bertz CT molecular complexity index is 1390. The van der Waals surface area contributed by atoms with Crippen LogP contribution in [0.3, 0.4) is 0 Å². The highest BCUT2D eigenvalue weighted by molar-refractivity contribution is 7.86. The largest absolute Gasteiger partial charge is 0.494 e. The van der Waals surface area contributed by atoms with E-state index in [4.69, 9.17) is 8.92 Å². The van der Waals surface area contributed by atoms with Gasteiger partial charge in [0, 0.05) is 17.7 Å². The molecule has 0 fully saturated rings. The maximum atomic E-state index is 13.6. The Hall–Kier alpha value is -3.68. The Morgan fingerprint density at radius 1 is 0.889 bits per heavy atom. The number of amides is 1. The Morgan fingerprint density at radius 2 is 1.56 bits per heavy atom. The Kier molecular flexibility index (Phi) is 7.72. The minimum absolute atomic E-state index is 0.0947. The molecule has 3 aromatic rings. The lowest BCUT2D eigenvalue weighted by Gasteiger charge is -2.20. The van der Waals surface area contributed by atoms with E-state index in [9.17, 15) is 13.2 Å². The van der Waals surface area contributed by atoms with E-state index in [-0.39, 0.29) is 23.8 Å². The van der Waals surface area contributed by atoms with Gasteiger partial charge in [-0.25, -0.2) is 0 Å². The van der Waals surface area contributed by atoms with Gasteiger partial charge < -0.3 is 4.74 Å². The molecule has 1 aliphatic heterocycles. The first-order valence-corrected chi connectivity index (χ1v) is 13.2. The summed E-state index contributed by atoms with van der Waals surface area (Å²) in [5, 5.41) is 0. The zero-order chi connectivity index (χ0) is 25.7. The number of aryl methyl sites for hydroxylation is 1. The van der Waals surface area contributed by atoms with Crippen LogP contribution in [0.15, 0.2) is 101 Å². The molecule has 3 aromatic carbocycles. The van der Waals surface area contributed by atoms with Gasteiger partial charge in [-0.2, -0.15) is 8.42 Å². The van der Waals surface area contributed by atoms with Crippen molar-refractivity contribution in [3.05, 3.63) is 107 Å². The molecule has 0 unspecified atom stereocenters. The molecule has 0 aromatic heterocycles. The number of rotatable bonds is 9. The summed E-state index contributed by atoms with van der Waals surface area (Å²) in [5.41, 5.74) is 4.66. The lowest BCUT2D eigenvalue weighted by Crippen LogP contribution is -2.25. The fraction of sp³-hybridized carbons (Fsp3) is 0.207. The van der Waals surface area contributed by atoms with Crippen LogP contribution in [0.2, 0.25) is 0 Å². The maximum absolute atomic E-state index is 13.6. The number of anilines is 1. The molecule has 0 radical (unpaired) electrons. The van der Waals surface area contributed by atoms with Gasteiger partial charge in [-0.05, 0) is 74.4 Å². The van der Waals surface area contributed by atoms with Crippen molar-refractivity contribution in [1.29, 1.82) is 0 Å². The predicted octanol–water partition coefficient (Wildman–Crippen LogP) is 5.89. The van der Waals surface area contributed by atoms with Crippen LogP contribution in [0.1, 0.15) is 31.4 Å². The van der Waals surface area contributed by atoms with Crippen molar-refractivity contribution < 1.29 is 22.1 Å². The summed E-state index contributed by atoms with van der Waals surface area (Å²) in [5.74, 6) is 0.524. The van der Waals surface area contributed by atoms with Crippen LogP contribution in [0.25, 0.3) is 6.08 Å². The van der Waals surface area contributed by atoms with Gasteiger partial charge in [0.1, 0.15) is 5.75 Å². The molecule has 6 nitrogen and oxygen atoms in total. The van der Waals surface area contributed by atoms with Crippen LogP contribution < -0.4 is 9.64 Å². The van der Waals surface area contributed by atoms with Gasteiger partial charge >= 0.3 is 0 Å². The van der Waals surface area contributed by atoms with Crippen LogP contribution in [0, 0.1) is 6.92 Å². The van der Waals surface area contributed by atoms with Crippen molar-refractivity contribution in [3.8, 4) is 5.75 Å². The minimum Gasteiger partial charge on any atom is -0.494 e. The van der Waals surface area contributed by atoms with Crippen molar-refractivity contribution in [2.75, 3.05) is 18.1 Å². The number of ether oxygens (including phenoxy) is 1. The summed E-state index contributed by atoms with van der Waals surface area (Å²) >= 11 is 0. The van der Waals surface area contributed by atoms with Gasteiger partial charge in [-0.3, -0.25) is 13.9 Å². The predicted molar refractivity (Wildman–Crippen MR) is 141 cm³/mol. The van der Waals surface area contributed by atoms with Crippen LogP contribution in [-0.2, 0) is 19.1 Å². The van der Waals surface area contributed by atoms with E-state index in [0.717, 1.165) is 28.1 Å². The number of hydrogen-bond acceptors (Lipinski definition) is 5. The van der Waals surface area contributed by atoms with E-state index < -0.39 is 10.1 Å². The molecule has 7 heteroatoms. The Labute approximate surface area is 212 Å². The lowest BCUT2D eigenvalue weighted by atomic mass is 10.1. The summed E-state index contributed by atoms with van der Waals surface area (Å²) in [6, 6.07) is 23.6. The van der Waals surface area contributed by atoms with Gasteiger partial charge in [0.2, 0.25) is 0 Å². The molecule has 0 bridgehead atoms. The molecule has 0 saturated heterocycles. The van der Waals surface area contributed by atoms with Crippen LogP contribution in [0.4, 0.5) is 5.69 Å². The average molecular weight is 504 g/mol. The van der Waals surface area contributed by atoms with Crippen LogP contribution in [-0.4, -0.2) is 27.5 Å². The highest BCUT2D eigenvalue weighted by atomic mass is 32.2. The molecule has 0 atom stereocenters. The van der Waals surface area contributed by atoms with Crippen LogP contribution in [0.5, 0.6) is 5.75 Å². The molecule has 0 spiro atoms. The summed E-state index contributed by atoms with van der Waals surface area (Å²) < 4.78 is 36.0. The summed E-state index contributed by atoms with van der Waals surface area (Å²) in [6.45, 7) is 6.10. The number of nitrogens with zero attached hydrogens (tertiary/aromatic N) is 1. The standard InChI is InChI=1S/C29H29NO5S/c1-4-34-25-14-12-24(13-15-25)30-28(20-23-8-6-5-7-9-23)22(3)27(29(30)31)18-19-35-36(32,33)26-16-10-21(2)11-17-26/h5-17,20H,4,18-19H2,1-3H3/b28-20+. The van der Waals surface area contributed by atoms with Gasteiger partial charge in [0.05, 0.1) is 23.8 Å². The van der Waals surface area contributed by atoms with Crippen molar-refractivity contribution in [1.82, 2.24) is 0 Å². The first kappa shape index (κ1) is 25.4. The molecular weight excluding hydrogens is 474 g/mol. The fourth-order valence-corrected chi connectivity index (χ4v) is 4.95. The topological polar surface area (TPSA) is 72.9 Å². The molecule has 36 heavy (non-hydrogen) atoms. The smallest absolute Gasteiger partial charge is 0.296 e. The first-order chi connectivity index (χ1) is 17.3. The van der Waals surface area contributed by atoms with Crippen molar-refractivity contribution in [2.45, 2.75) is 32.1 Å². The Balaban J connectivity index is 1.60. The van der Waals surface area contributed by atoms with E-state index in [0.29, 0.717) is 17.9 Å². The average Bonchev–Trinajstić information content (AvgIpc) is 3.10. The summed E-state index contributed by atoms with van der Waals surface area (Å²) in [6.07, 6.45) is 2.12. The second-order valence-electron chi connectivity index (χ2n) is 8.45. The van der Waals surface area contributed by atoms with Crippen LogP contribution >= 0.6 is 0 Å². The van der Waals surface area contributed by atoms with Gasteiger partial charge in [-0.1, -0.05) is 48.0 Å². The van der Waals surface area contributed by atoms with Crippen molar-refractivity contribution >= 4 is 27.8 Å². The van der Waals surface area contributed by atoms with Crippen molar-refractivity contribution in [2.24, 2.45) is 0 Å². The first-order valence-electron chi connectivity index (χ1n) is 11.8. The Morgan fingerprint density at radius 3 is 2.19 bits per heavy atom. The number of hydrogen-bond donors (Lipinski definition) is 0. The van der Waals surface area contributed by atoms with Gasteiger partial charge in [-0.15, -0.1) is 0 Å². The highest BCUT2D eigenvalue weighted by Gasteiger charge is 2.34. The molecule has 0 aliphatic carbocycles. The SMILES string of the molecule is CCOc1ccc(N2C(=O)C(CCOS(=O)(=O)c3ccc(C)cc3)=C(C)/C2=C\c2ccccc2)cc1. The quantitative estimate of drug-likeness (QED) is 0.340. The van der Waals surface area contributed by atoms with E-state index >= 15 is 0 Å². The normalized spacial score (nSPS) is 15.1. The van der Waals surface area contributed by atoms with Gasteiger partial charge in [0.15, 0.2) is 0 Å². The molecule has 0 saturated carbocycles. The molecule has 186 valence electrons. The molecule has 1 amide bonds. The van der Waals surface area contributed by atoms with E-state index in [2.05, 4.69) is 0 Å². The molecule has 1 aliphatic rings. The third-order valence-corrected chi connectivity index (χ3v) is 7.27. The zero-order valence-corrected chi connectivity index (χ0v) is 21.4. The monoisotopic (exact) mass is 503 g/mol. The maximum Gasteiger partial charge on any atom is 0.296 e. The number of benzene rings is 3. The van der Waals surface area contributed by atoms with Crippen molar-refractivity contribution in [3.63, 3.8) is 0 Å². The number of allylic oxidation sites excluding steroid dienone is 1. The highest BCUT2D eigenvalue weighted by Crippen LogP contribution is 2.37. The third kappa shape index (κ3) is 5.58. The van der Waals surface area contributed by atoms with E-state index in [1.807, 2.05) is 81.4 Å². The molecule has 0 N–H and O–H groups in total. The van der Waals surface area contributed by atoms with E-state index in [1.165, 1.54) is 12.1 Å². The molecular formula is C29H29NO5S. The molecule has 1 heterocycles.